The van der Waals surface area contributed by atoms with E-state index in [4.69, 9.17) is 0 Å². The van der Waals surface area contributed by atoms with Crippen molar-refractivity contribution in [1.29, 1.82) is 0 Å². The Morgan fingerprint density at radius 1 is 0.943 bits per heavy atom. The van der Waals surface area contributed by atoms with Crippen LogP contribution in [-0.2, 0) is 15.0 Å². The average molecular weight is 462 g/mol. The number of likely N-dealkylation sites (N-methyl/N-ethyl adjacent to an activating group) is 1. The largest absolute Gasteiger partial charge is 0.312 e. The van der Waals surface area contributed by atoms with Crippen molar-refractivity contribution in [3.8, 4) is 0 Å². The minimum Gasteiger partial charge on any atom is -0.312 e. The number of rotatable bonds is 5. The van der Waals surface area contributed by atoms with Gasteiger partial charge < -0.3 is 4.90 Å². The molecule has 2 aliphatic carbocycles. The molecule has 0 aromatic heterocycles. The van der Waals surface area contributed by atoms with Crippen LogP contribution in [0.2, 0.25) is 0 Å². The van der Waals surface area contributed by atoms with Gasteiger partial charge in [0.1, 0.15) is 0 Å². The molecule has 3 heteroatoms. The van der Waals surface area contributed by atoms with Crippen LogP contribution in [0.25, 0.3) is 6.08 Å². The third-order valence-corrected chi connectivity index (χ3v) is 8.75. The van der Waals surface area contributed by atoms with Crippen molar-refractivity contribution in [2.24, 2.45) is 17.8 Å². The average Bonchev–Trinajstić information content (AvgIpc) is 3.56. The fourth-order valence-corrected chi connectivity index (χ4v) is 7.59. The van der Waals surface area contributed by atoms with E-state index in [0.29, 0.717) is 12.5 Å². The maximum Gasteiger partial charge on any atom is 0.238 e. The quantitative estimate of drug-likeness (QED) is 0.412. The Balaban J connectivity index is 1.56. The van der Waals surface area contributed by atoms with Crippen molar-refractivity contribution in [3.63, 3.8) is 0 Å². The van der Waals surface area contributed by atoms with Gasteiger partial charge in [-0.05, 0) is 66.4 Å². The molecule has 3 aromatic carbocycles. The van der Waals surface area contributed by atoms with Gasteiger partial charge in [0.15, 0.2) is 5.78 Å². The van der Waals surface area contributed by atoms with Crippen LogP contribution in [0.4, 0.5) is 5.69 Å². The number of carbonyl (C=O) groups excluding carboxylic acids is 2. The van der Waals surface area contributed by atoms with Crippen LogP contribution >= 0.6 is 0 Å². The first-order chi connectivity index (χ1) is 17.2. The number of para-hydroxylation sites is 1. The highest BCUT2D eigenvalue weighted by Gasteiger charge is 2.70. The molecule has 2 saturated carbocycles. The minimum absolute atomic E-state index is 0.0328. The van der Waals surface area contributed by atoms with Crippen LogP contribution in [0.5, 0.6) is 0 Å². The summed E-state index contributed by atoms with van der Waals surface area (Å²) in [6.45, 7) is 2.65. The monoisotopic (exact) mass is 461 g/mol. The molecule has 176 valence electrons. The van der Waals surface area contributed by atoms with Crippen molar-refractivity contribution in [2.45, 2.75) is 37.5 Å². The van der Waals surface area contributed by atoms with Gasteiger partial charge in [0, 0.05) is 18.2 Å². The Bertz CT molecular complexity index is 1280. The fourth-order valence-electron chi connectivity index (χ4n) is 7.59. The molecule has 3 aromatic rings. The van der Waals surface area contributed by atoms with E-state index in [-0.39, 0.29) is 23.5 Å². The topological polar surface area (TPSA) is 37.4 Å². The van der Waals surface area contributed by atoms with E-state index in [9.17, 15) is 9.59 Å². The number of hydrogen-bond donors (Lipinski definition) is 0. The highest BCUT2D eigenvalue weighted by atomic mass is 16.2. The first kappa shape index (κ1) is 22.0. The third kappa shape index (κ3) is 3.17. The number of benzene rings is 3. The van der Waals surface area contributed by atoms with Crippen LogP contribution in [0.1, 0.15) is 48.8 Å². The van der Waals surface area contributed by atoms with Gasteiger partial charge in [-0.3, -0.25) is 9.59 Å². The standard InChI is InChI=1S/C32H31NO2/c1-2-33-27-19-10-9-17-26(27)32(31(33)35)25-18-11-16-24(25)29(23-14-7-4-8-15-23)30(32)28(34)21-20-22-12-5-3-6-13-22/h3-10,12-15,17,19-21,24-25,29-30H,2,11,16,18H2,1H3. The number of anilines is 1. The van der Waals surface area contributed by atoms with Gasteiger partial charge >= 0.3 is 0 Å². The van der Waals surface area contributed by atoms with Gasteiger partial charge in [0.2, 0.25) is 5.91 Å². The van der Waals surface area contributed by atoms with Crippen molar-refractivity contribution in [3.05, 3.63) is 108 Å². The molecule has 3 nitrogen and oxygen atoms in total. The number of amides is 1. The van der Waals surface area contributed by atoms with E-state index in [1.807, 2.05) is 66.4 Å². The molecule has 5 atom stereocenters. The third-order valence-electron chi connectivity index (χ3n) is 8.75. The molecule has 0 saturated heterocycles. The summed E-state index contributed by atoms with van der Waals surface area (Å²) in [4.78, 5) is 30.7. The number of nitrogens with zero attached hydrogens (tertiary/aromatic N) is 1. The predicted octanol–water partition coefficient (Wildman–Crippen LogP) is 6.40. The summed E-state index contributed by atoms with van der Waals surface area (Å²) in [5.74, 6) is 0.319. The van der Waals surface area contributed by atoms with Crippen LogP contribution in [0, 0.1) is 17.8 Å². The molecular formula is C32H31NO2. The van der Waals surface area contributed by atoms with Crippen LogP contribution in [0.3, 0.4) is 0 Å². The number of allylic oxidation sites excluding steroid dienone is 1. The van der Waals surface area contributed by atoms with Gasteiger partial charge in [0.25, 0.3) is 0 Å². The summed E-state index contributed by atoms with van der Waals surface area (Å²) >= 11 is 0. The second-order valence-corrected chi connectivity index (χ2v) is 10.2. The first-order valence-electron chi connectivity index (χ1n) is 12.9. The van der Waals surface area contributed by atoms with Gasteiger partial charge in [-0.1, -0.05) is 91.4 Å². The van der Waals surface area contributed by atoms with Crippen molar-refractivity contribution in [1.82, 2.24) is 0 Å². The zero-order valence-corrected chi connectivity index (χ0v) is 20.1. The summed E-state index contributed by atoms with van der Waals surface area (Å²) in [6, 6.07) is 28.6. The molecule has 35 heavy (non-hydrogen) atoms. The highest BCUT2D eigenvalue weighted by molar-refractivity contribution is 6.13. The van der Waals surface area contributed by atoms with Crippen LogP contribution < -0.4 is 4.90 Å². The van der Waals surface area contributed by atoms with E-state index in [1.165, 1.54) is 5.56 Å². The number of hydrogen-bond acceptors (Lipinski definition) is 2. The van der Waals surface area contributed by atoms with E-state index < -0.39 is 11.3 Å². The maximum atomic E-state index is 14.5. The predicted molar refractivity (Wildman–Crippen MR) is 140 cm³/mol. The minimum atomic E-state index is -0.799. The number of carbonyl (C=O) groups is 2. The maximum absolute atomic E-state index is 14.5. The Hall–Kier alpha value is -3.46. The smallest absolute Gasteiger partial charge is 0.238 e. The van der Waals surface area contributed by atoms with E-state index in [1.54, 1.807) is 6.08 Å². The number of fused-ring (bicyclic) bond motifs is 4. The molecular weight excluding hydrogens is 430 g/mol. The molecule has 1 amide bonds. The van der Waals surface area contributed by atoms with Crippen LogP contribution in [0.15, 0.2) is 91.0 Å². The Labute approximate surface area is 207 Å². The lowest BCUT2D eigenvalue weighted by molar-refractivity contribution is -0.131. The van der Waals surface area contributed by atoms with Crippen molar-refractivity contribution < 1.29 is 9.59 Å². The first-order valence-corrected chi connectivity index (χ1v) is 12.9. The zero-order valence-electron chi connectivity index (χ0n) is 20.1. The van der Waals surface area contributed by atoms with Gasteiger partial charge in [0.05, 0.1) is 5.41 Å². The summed E-state index contributed by atoms with van der Waals surface area (Å²) < 4.78 is 0. The summed E-state index contributed by atoms with van der Waals surface area (Å²) in [5.41, 5.74) is 3.44. The van der Waals surface area contributed by atoms with Crippen LogP contribution in [-0.4, -0.2) is 18.2 Å². The zero-order chi connectivity index (χ0) is 24.0. The second kappa shape index (κ2) is 8.64. The lowest BCUT2D eigenvalue weighted by Crippen LogP contribution is -2.49. The molecule has 1 spiro atoms. The lowest BCUT2D eigenvalue weighted by Gasteiger charge is -2.35. The Morgan fingerprint density at radius 3 is 2.37 bits per heavy atom. The molecule has 1 heterocycles. The Morgan fingerprint density at radius 2 is 1.63 bits per heavy atom. The molecule has 3 aliphatic rings. The summed E-state index contributed by atoms with van der Waals surface area (Å²) in [5, 5.41) is 0. The molecule has 0 N–H and O–H groups in total. The normalized spacial score (nSPS) is 29.2. The molecule has 0 radical (unpaired) electrons. The second-order valence-electron chi connectivity index (χ2n) is 10.2. The Kier molecular flexibility index (Phi) is 5.44. The van der Waals surface area contributed by atoms with Gasteiger partial charge in [-0.25, -0.2) is 0 Å². The van der Waals surface area contributed by atoms with E-state index >= 15 is 0 Å². The van der Waals surface area contributed by atoms with Gasteiger partial charge in [-0.15, -0.1) is 0 Å². The SMILES string of the molecule is CCN1C(=O)C2(c3ccccc31)C1CCCC1C(c1ccccc1)C2C(=O)C=Cc1ccccc1. The summed E-state index contributed by atoms with van der Waals surface area (Å²) in [7, 11) is 0. The van der Waals surface area contributed by atoms with Gasteiger partial charge in [-0.2, -0.15) is 0 Å². The van der Waals surface area contributed by atoms with Crippen molar-refractivity contribution >= 4 is 23.5 Å². The molecule has 5 unspecified atom stereocenters. The lowest BCUT2D eigenvalue weighted by atomic mass is 9.64. The fraction of sp³-hybridized carbons (Fsp3) is 0.312. The highest BCUT2D eigenvalue weighted by Crippen LogP contribution is 2.68. The number of ketones is 1. The molecule has 2 fully saturated rings. The van der Waals surface area contributed by atoms with E-state index in [2.05, 4.69) is 36.4 Å². The molecule has 6 rings (SSSR count). The van der Waals surface area contributed by atoms with E-state index in [0.717, 1.165) is 36.1 Å². The van der Waals surface area contributed by atoms with Crippen molar-refractivity contribution in [2.75, 3.05) is 11.4 Å². The molecule has 1 aliphatic heterocycles. The molecule has 0 bridgehead atoms. The summed E-state index contributed by atoms with van der Waals surface area (Å²) in [6.07, 6.45) is 6.83.